The molecular weight excluding hydrogens is 388 g/mol. The van der Waals surface area contributed by atoms with Gasteiger partial charge in [0.05, 0.1) is 18.5 Å². The first-order valence-corrected chi connectivity index (χ1v) is 9.23. The summed E-state index contributed by atoms with van der Waals surface area (Å²) in [6, 6.07) is 17.7. The van der Waals surface area contributed by atoms with Crippen molar-refractivity contribution in [2.45, 2.75) is 4.90 Å². The van der Waals surface area contributed by atoms with Crippen LogP contribution in [0.25, 0.3) is 16.9 Å². The number of ether oxygens (including phenoxy) is 1. The van der Waals surface area contributed by atoms with Crippen LogP contribution in [0.15, 0.2) is 64.0 Å². The van der Waals surface area contributed by atoms with E-state index in [-0.39, 0.29) is 5.69 Å². The van der Waals surface area contributed by atoms with Crippen molar-refractivity contribution >= 4 is 33.7 Å². The van der Waals surface area contributed by atoms with Gasteiger partial charge in [0, 0.05) is 14.9 Å². The maximum atomic E-state index is 11.9. The fourth-order valence-electron chi connectivity index (χ4n) is 2.33. The van der Waals surface area contributed by atoms with Gasteiger partial charge >= 0.3 is 5.97 Å². The molecule has 0 bridgehead atoms. The van der Waals surface area contributed by atoms with Gasteiger partial charge in [-0.3, -0.25) is 0 Å². The minimum absolute atomic E-state index is 0.282. The number of rotatable bonds is 4. The zero-order valence-corrected chi connectivity index (χ0v) is 15.6. The van der Waals surface area contributed by atoms with Crippen molar-refractivity contribution < 1.29 is 9.53 Å². The third-order valence-electron chi connectivity index (χ3n) is 3.56. The average molecular weight is 403 g/mol. The quantitative estimate of drug-likeness (QED) is 0.463. The molecule has 24 heavy (non-hydrogen) atoms. The Labute approximate surface area is 153 Å². The van der Waals surface area contributed by atoms with Crippen molar-refractivity contribution in [1.82, 2.24) is 9.78 Å². The number of carbonyl (C=O) groups excluding carboxylic acids is 1. The summed E-state index contributed by atoms with van der Waals surface area (Å²) in [5, 5.41) is 4.42. The summed E-state index contributed by atoms with van der Waals surface area (Å²) in [6.45, 7) is 0. The molecule has 0 aliphatic carbocycles. The van der Waals surface area contributed by atoms with E-state index in [2.05, 4.69) is 33.2 Å². The molecule has 0 radical (unpaired) electrons. The van der Waals surface area contributed by atoms with Gasteiger partial charge in [-0.1, -0.05) is 28.1 Å². The van der Waals surface area contributed by atoms with Gasteiger partial charge in [-0.25, -0.2) is 9.48 Å². The normalized spacial score (nSPS) is 10.6. The van der Waals surface area contributed by atoms with E-state index >= 15 is 0 Å². The highest BCUT2D eigenvalue weighted by Gasteiger charge is 2.17. The topological polar surface area (TPSA) is 44.1 Å². The molecule has 0 saturated heterocycles. The summed E-state index contributed by atoms with van der Waals surface area (Å²) >= 11 is 5.12. The van der Waals surface area contributed by atoms with Crippen LogP contribution in [0.3, 0.4) is 0 Å². The Morgan fingerprint density at radius 1 is 1.12 bits per heavy atom. The highest BCUT2D eigenvalue weighted by molar-refractivity contribution is 9.10. The van der Waals surface area contributed by atoms with E-state index in [4.69, 9.17) is 4.74 Å². The maximum absolute atomic E-state index is 11.9. The summed E-state index contributed by atoms with van der Waals surface area (Å²) in [5.41, 5.74) is 2.98. The number of hydrogen-bond donors (Lipinski definition) is 0. The van der Waals surface area contributed by atoms with E-state index in [0.717, 1.165) is 21.4 Å². The zero-order valence-electron chi connectivity index (χ0n) is 13.2. The summed E-state index contributed by atoms with van der Waals surface area (Å²) in [4.78, 5) is 13.1. The standard InChI is InChI=1S/C18H15BrN2O2S/c1-23-18(22)16-11-17(12-3-9-15(24-2)10-4-12)21(20-16)14-7-5-13(19)6-8-14/h3-11H,1-2H3. The van der Waals surface area contributed by atoms with Crippen LogP contribution in [0.5, 0.6) is 0 Å². The van der Waals surface area contributed by atoms with E-state index in [1.165, 1.54) is 12.0 Å². The molecule has 1 aromatic heterocycles. The Kier molecular flexibility index (Phi) is 5.06. The fraction of sp³-hybridized carbons (Fsp3) is 0.111. The number of esters is 1. The number of halogens is 1. The van der Waals surface area contributed by atoms with Crippen LogP contribution in [-0.4, -0.2) is 29.1 Å². The zero-order chi connectivity index (χ0) is 17.1. The largest absolute Gasteiger partial charge is 0.464 e. The van der Waals surface area contributed by atoms with Crippen molar-refractivity contribution in [2.75, 3.05) is 13.4 Å². The summed E-state index contributed by atoms with van der Waals surface area (Å²) in [6.07, 6.45) is 2.04. The lowest BCUT2D eigenvalue weighted by atomic mass is 10.1. The second-order valence-electron chi connectivity index (χ2n) is 5.02. The van der Waals surface area contributed by atoms with Crippen LogP contribution < -0.4 is 0 Å². The third-order valence-corrected chi connectivity index (χ3v) is 4.83. The summed E-state index contributed by atoms with van der Waals surface area (Å²) < 4.78 is 7.55. The lowest BCUT2D eigenvalue weighted by Crippen LogP contribution is -2.04. The van der Waals surface area contributed by atoms with Crippen LogP contribution in [0.1, 0.15) is 10.5 Å². The van der Waals surface area contributed by atoms with Crippen molar-refractivity contribution in [3.63, 3.8) is 0 Å². The van der Waals surface area contributed by atoms with Crippen molar-refractivity contribution in [3.8, 4) is 16.9 Å². The van der Waals surface area contributed by atoms with E-state index in [1.54, 1.807) is 22.5 Å². The number of thioether (sulfide) groups is 1. The Bertz CT molecular complexity index is 858. The molecule has 3 rings (SSSR count). The van der Waals surface area contributed by atoms with Gasteiger partial charge in [0.25, 0.3) is 0 Å². The molecule has 3 aromatic rings. The first kappa shape index (κ1) is 16.8. The maximum Gasteiger partial charge on any atom is 0.358 e. The SMILES string of the molecule is COC(=O)c1cc(-c2ccc(SC)cc2)n(-c2ccc(Br)cc2)n1. The molecule has 0 spiro atoms. The lowest BCUT2D eigenvalue weighted by Gasteiger charge is -2.08. The van der Waals surface area contributed by atoms with Gasteiger partial charge in [0.1, 0.15) is 0 Å². The number of nitrogens with zero attached hydrogens (tertiary/aromatic N) is 2. The van der Waals surface area contributed by atoms with Gasteiger partial charge < -0.3 is 4.74 Å². The predicted octanol–water partition coefficient (Wildman–Crippen LogP) is 4.81. The van der Waals surface area contributed by atoms with Gasteiger partial charge in [-0.05, 0) is 48.7 Å². The van der Waals surface area contributed by atoms with Gasteiger partial charge in [0.2, 0.25) is 0 Å². The molecule has 0 saturated carbocycles. The number of methoxy groups -OCH3 is 1. The number of aromatic nitrogens is 2. The van der Waals surface area contributed by atoms with Crippen LogP contribution in [0.2, 0.25) is 0 Å². The van der Waals surface area contributed by atoms with Crippen LogP contribution in [0.4, 0.5) is 0 Å². The average Bonchev–Trinajstić information content (AvgIpc) is 3.07. The molecule has 2 aromatic carbocycles. The van der Waals surface area contributed by atoms with E-state index < -0.39 is 5.97 Å². The Morgan fingerprint density at radius 2 is 1.79 bits per heavy atom. The third kappa shape index (κ3) is 3.39. The molecule has 0 N–H and O–H groups in total. The molecule has 0 aliphatic heterocycles. The molecule has 1 heterocycles. The first-order chi connectivity index (χ1) is 11.6. The van der Waals surface area contributed by atoms with E-state index in [1.807, 2.05) is 42.7 Å². The van der Waals surface area contributed by atoms with Crippen molar-refractivity contribution in [2.24, 2.45) is 0 Å². The van der Waals surface area contributed by atoms with Gasteiger partial charge in [-0.2, -0.15) is 5.10 Å². The van der Waals surface area contributed by atoms with Gasteiger partial charge in [0.15, 0.2) is 5.69 Å². The van der Waals surface area contributed by atoms with Crippen LogP contribution in [0, 0.1) is 0 Å². The smallest absolute Gasteiger partial charge is 0.358 e. The summed E-state index contributed by atoms with van der Waals surface area (Å²) in [5.74, 6) is -0.451. The minimum atomic E-state index is -0.451. The van der Waals surface area contributed by atoms with Gasteiger partial charge in [-0.15, -0.1) is 11.8 Å². The molecule has 6 heteroatoms. The molecule has 4 nitrogen and oxygen atoms in total. The highest BCUT2D eigenvalue weighted by Crippen LogP contribution is 2.27. The number of carbonyl (C=O) groups is 1. The second-order valence-corrected chi connectivity index (χ2v) is 6.82. The minimum Gasteiger partial charge on any atom is -0.464 e. The highest BCUT2D eigenvalue weighted by atomic mass is 79.9. The lowest BCUT2D eigenvalue weighted by molar-refractivity contribution is 0.0593. The molecule has 0 fully saturated rings. The number of benzene rings is 2. The Morgan fingerprint density at radius 3 is 2.38 bits per heavy atom. The predicted molar refractivity (Wildman–Crippen MR) is 99.8 cm³/mol. The molecular formula is C18H15BrN2O2S. The van der Waals surface area contributed by atoms with Crippen LogP contribution >= 0.6 is 27.7 Å². The number of hydrogen-bond acceptors (Lipinski definition) is 4. The Balaban J connectivity index is 2.13. The summed E-state index contributed by atoms with van der Waals surface area (Å²) in [7, 11) is 1.36. The fourth-order valence-corrected chi connectivity index (χ4v) is 3.00. The first-order valence-electron chi connectivity index (χ1n) is 7.21. The van der Waals surface area contributed by atoms with E-state index in [0.29, 0.717) is 0 Å². The van der Waals surface area contributed by atoms with E-state index in [9.17, 15) is 4.79 Å². The molecule has 122 valence electrons. The second kappa shape index (κ2) is 7.23. The molecule has 0 aliphatic rings. The molecule has 0 atom stereocenters. The van der Waals surface area contributed by atoms with Crippen molar-refractivity contribution in [1.29, 1.82) is 0 Å². The monoisotopic (exact) mass is 402 g/mol. The Hall–Kier alpha value is -2.05. The molecule has 0 amide bonds. The van der Waals surface area contributed by atoms with Crippen LogP contribution in [-0.2, 0) is 4.74 Å². The van der Waals surface area contributed by atoms with Crippen molar-refractivity contribution in [3.05, 3.63) is 64.8 Å². The molecule has 0 unspecified atom stereocenters.